The largest absolute Gasteiger partial charge is 0.446 e. The van der Waals surface area contributed by atoms with Gasteiger partial charge >= 0.3 is 11.3 Å². The van der Waals surface area contributed by atoms with Crippen molar-refractivity contribution in [1.82, 2.24) is 9.91 Å². The number of hydrogen-bond acceptors (Lipinski definition) is 7. The van der Waals surface area contributed by atoms with Gasteiger partial charge in [-0.05, 0) is 62.0 Å². The molecule has 1 unspecified atom stereocenters. The van der Waals surface area contributed by atoms with Crippen LogP contribution in [-0.4, -0.2) is 70.9 Å². The molecule has 0 bridgehead atoms. The molecule has 34 heavy (non-hydrogen) atoms. The zero-order valence-electron chi connectivity index (χ0n) is 20.9. The summed E-state index contributed by atoms with van der Waals surface area (Å²) in [5.74, 6) is 0.453. The predicted octanol–water partition coefficient (Wildman–Crippen LogP) is 4.75. The van der Waals surface area contributed by atoms with Gasteiger partial charge in [-0.1, -0.05) is 45.5 Å². The van der Waals surface area contributed by atoms with Gasteiger partial charge in [0, 0.05) is 25.2 Å². The molecule has 9 heteroatoms. The van der Waals surface area contributed by atoms with Crippen molar-refractivity contribution >= 4 is 40.4 Å². The summed E-state index contributed by atoms with van der Waals surface area (Å²) in [6.45, 7) is 13.4. The molecule has 2 aliphatic rings. The summed E-state index contributed by atoms with van der Waals surface area (Å²) in [5.41, 5.74) is 3.54. The summed E-state index contributed by atoms with van der Waals surface area (Å²) in [6, 6.07) is 5.93. The molecular formula is C25H36N4O4S. The Morgan fingerprint density at radius 1 is 1.26 bits per heavy atom. The van der Waals surface area contributed by atoms with Crippen LogP contribution in [0.3, 0.4) is 0 Å². The number of hydrazone groups is 1. The summed E-state index contributed by atoms with van der Waals surface area (Å²) in [5, 5.41) is 4.60. The van der Waals surface area contributed by atoms with E-state index >= 15 is 0 Å². The smallest absolute Gasteiger partial charge is 0.438 e. The molecule has 3 amide bonds. The molecule has 0 aromatic heterocycles. The molecule has 0 fully saturated rings. The van der Waals surface area contributed by atoms with Crippen LogP contribution in [0.4, 0.5) is 15.3 Å². The molecule has 186 valence electrons. The number of carbonyl (C=O) groups is 3. The average Bonchev–Trinajstić information content (AvgIpc) is 2.80. The summed E-state index contributed by atoms with van der Waals surface area (Å²) in [6.07, 6.45) is 1.55. The maximum absolute atomic E-state index is 12.7. The van der Waals surface area contributed by atoms with E-state index in [1.165, 1.54) is 0 Å². The Morgan fingerprint density at radius 3 is 2.68 bits per heavy atom. The van der Waals surface area contributed by atoms with Crippen molar-refractivity contribution in [3.05, 3.63) is 29.3 Å². The first-order valence-corrected chi connectivity index (χ1v) is 13.0. The number of amides is 3. The fourth-order valence-electron chi connectivity index (χ4n) is 4.23. The van der Waals surface area contributed by atoms with Crippen molar-refractivity contribution in [2.45, 2.75) is 59.1 Å². The normalized spacial score (nSPS) is 18.3. The Labute approximate surface area is 206 Å². The number of ether oxygens (including phenoxy) is 1. The molecule has 2 heterocycles. The summed E-state index contributed by atoms with van der Waals surface area (Å²) in [4.78, 5) is 41.8. The third-order valence-corrected chi connectivity index (χ3v) is 7.07. The van der Waals surface area contributed by atoms with E-state index in [1.54, 1.807) is 0 Å². The highest BCUT2D eigenvalue weighted by Gasteiger charge is 2.34. The maximum Gasteiger partial charge on any atom is 0.438 e. The number of rotatable bonds is 8. The van der Waals surface area contributed by atoms with E-state index in [0.717, 1.165) is 66.1 Å². The summed E-state index contributed by atoms with van der Waals surface area (Å²) < 4.78 is 5.33. The second-order valence-electron chi connectivity index (χ2n) is 9.05. The van der Waals surface area contributed by atoms with Crippen LogP contribution in [0.5, 0.6) is 0 Å². The van der Waals surface area contributed by atoms with Crippen LogP contribution in [0.15, 0.2) is 23.3 Å². The zero-order valence-corrected chi connectivity index (χ0v) is 21.7. The number of benzene rings is 1. The Bertz CT molecular complexity index is 945. The Hall–Kier alpha value is -2.39. The van der Waals surface area contributed by atoms with Crippen molar-refractivity contribution in [3.63, 3.8) is 0 Å². The van der Waals surface area contributed by atoms with Crippen molar-refractivity contribution in [1.29, 1.82) is 0 Å². The number of likely N-dealkylation sites (N-methyl/N-ethyl adjacent to an activating group) is 1. The molecule has 0 N–H and O–H groups in total. The van der Waals surface area contributed by atoms with Crippen LogP contribution >= 0.6 is 11.8 Å². The van der Waals surface area contributed by atoms with Crippen LogP contribution in [0, 0.1) is 5.92 Å². The van der Waals surface area contributed by atoms with Crippen LogP contribution < -0.4 is 4.90 Å². The number of carbonyl (C=O) groups excluding carboxylic acids is 3. The minimum absolute atomic E-state index is 0.145. The topological polar surface area (TPSA) is 82.5 Å². The van der Waals surface area contributed by atoms with E-state index in [1.807, 2.05) is 57.7 Å². The maximum atomic E-state index is 12.7. The third kappa shape index (κ3) is 6.18. The van der Waals surface area contributed by atoms with Crippen molar-refractivity contribution in [3.8, 4) is 0 Å². The lowest BCUT2D eigenvalue weighted by molar-refractivity contribution is -0.119. The second-order valence-corrected chi connectivity index (χ2v) is 10.3. The third-order valence-electron chi connectivity index (χ3n) is 6.12. The van der Waals surface area contributed by atoms with E-state index in [0.29, 0.717) is 24.6 Å². The molecule has 0 spiro atoms. The molecule has 3 rings (SSSR count). The molecule has 1 aromatic rings. The van der Waals surface area contributed by atoms with Crippen LogP contribution in [0.1, 0.15) is 58.6 Å². The molecule has 0 saturated heterocycles. The molecule has 0 aliphatic carbocycles. The van der Waals surface area contributed by atoms with Gasteiger partial charge in [0.15, 0.2) is 0 Å². The van der Waals surface area contributed by atoms with E-state index in [9.17, 15) is 14.4 Å². The molecular weight excluding hydrogens is 452 g/mol. The lowest BCUT2D eigenvalue weighted by Crippen LogP contribution is -2.39. The van der Waals surface area contributed by atoms with E-state index in [4.69, 9.17) is 4.74 Å². The average molecular weight is 489 g/mol. The summed E-state index contributed by atoms with van der Waals surface area (Å²) >= 11 is 1.06. The number of fused-ring (bicyclic) bond motifs is 1. The van der Waals surface area contributed by atoms with Gasteiger partial charge in [-0.25, -0.2) is 4.79 Å². The van der Waals surface area contributed by atoms with Gasteiger partial charge in [0.2, 0.25) is 5.91 Å². The first-order chi connectivity index (χ1) is 16.2. The van der Waals surface area contributed by atoms with Gasteiger partial charge in [0.05, 0.1) is 11.0 Å². The number of imide groups is 1. The first kappa shape index (κ1) is 26.2. The quantitative estimate of drug-likeness (QED) is 0.525. The zero-order chi connectivity index (χ0) is 24.8. The predicted molar refractivity (Wildman–Crippen MR) is 137 cm³/mol. The van der Waals surface area contributed by atoms with Crippen LogP contribution in [0.2, 0.25) is 0 Å². The van der Waals surface area contributed by atoms with Crippen molar-refractivity contribution in [2.75, 3.05) is 37.7 Å². The molecule has 1 atom stereocenters. The number of nitrogens with zero attached hydrogens (tertiary/aromatic N) is 4. The van der Waals surface area contributed by atoms with Gasteiger partial charge in [0.25, 0.3) is 0 Å². The van der Waals surface area contributed by atoms with Gasteiger partial charge in [-0.15, -0.1) is 5.01 Å². The Kier molecular flexibility index (Phi) is 9.13. The molecule has 0 radical (unpaired) electrons. The van der Waals surface area contributed by atoms with Crippen LogP contribution in [0.25, 0.3) is 0 Å². The summed E-state index contributed by atoms with van der Waals surface area (Å²) in [7, 11) is 0. The molecule has 8 nitrogen and oxygen atoms in total. The molecule has 1 aromatic carbocycles. The van der Waals surface area contributed by atoms with Crippen LogP contribution in [-0.2, 0) is 16.0 Å². The SMILES string of the molecule is CCN(CC)CCOC(=O)N1N=C(c2ccc3c(c2)CCCN3C(=O)CC(C)C)C(C)SC1=O. The van der Waals surface area contributed by atoms with E-state index < -0.39 is 11.3 Å². The molecule has 0 saturated carbocycles. The minimum Gasteiger partial charge on any atom is -0.446 e. The molecule has 2 aliphatic heterocycles. The number of anilines is 1. The standard InChI is InChI=1S/C25H36N4O4S/c1-6-27(7-2)13-14-33-24(31)29-25(32)34-18(5)23(26-29)20-10-11-21-19(16-20)9-8-12-28(21)22(30)15-17(3)4/h10-11,16-18H,6-9,12-15H2,1-5H3. The number of thioether (sulfide) groups is 1. The van der Waals surface area contributed by atoms with Crippen molar-refractivity contribution < 1.29 is 19.1 Å². The van der Waals surface area contributed by atoms with Gasteiger partial charge < -0.3 is 14.5 Å². The highest BCUT2D eigenvalue weighted by atomic mass is 32.2. The highest BCUT2D eigenvalue weighted by Crippen LogP contribution is 2.32. The monoisotopic (exact) mass is 488 g/mol. The van der Waals surface area contributed by atoms with Crippen molar-refractivity contribution in [2.24, 2.45) is 11.0 Å². The van der Waals surface area contributed by atoms with Gasteiger partial charge in [-0.3, -0.25) is 9.59 Å². The van der Waals surface area contributed by atoms with Gasteiger partial charge in [0.1, 0.15) is 6.61 Å². The number of aryl methyl sites for hydroxylation is 1. The Balaban J connectivity index is 1.79. The van der Waals surface area contributed by atoms with E-state index in [2.05, 4.69) is 10.0 Å². The number of hydrogen-bond donors (Lipinski definition) is 0. The fraction of sp³-hybridized carbons (Fsp3) is 0.600. The first-order valence-electron chi connectivity index (χ1n) is 12.2. The lowest BCUT2D eigenvalue weighted by atomic mass is 9.96. The highest BCUT2D eigenvalue weighted by molar-refractivity contribution is 8.14. The second kappa shape index (κ2) is 11.8. The van der Waals surface area contributed by atoms with Gasteiger partial charge in [-0.2, -0.15) is 5.10 Å². The Morgan fingerprint density at radius 2 is 2.00 bits per heavy atom. The fourth-order valence-corrected chi connectivity index (χ4v) is 5.05. The lowest BCUT2D eigenvalue weighted by Gasteiger charge is -2.31. The van der Waals surface area contributed by atoms with E-state index in [-0.39, 0.29) is 17.8 Å². The minimum atomic E-state index is -0.752.